The van der Waals surface area contributed by atoms with Crippen molar-refractivity contribution in [3.63, 3.8) is 0 Å². The molecule has 0 saturated heterocycles. The quantitative estimate of drug-likeness (QED) is 0.783. The van der Waals surface area contributed by atoms with Crippen molar-refractivity contribution in [3.05, 3.63) is 35.6 Å². The molecule has 20 heavy (non-hydrogen) atoms. The molecule has 0 spiro atoms. The number of ether oxygens (including phenoxy) is 1. The maximum absolute atomic E-state index is 12.7. The number of rotatable bonds is 5. The lowest BCUT2D eigenvalue weighted by atomic mass is 10.1. The van der Waals surface area contributed by atoms with Gasteiger partial charge in [0.1, 0.15) is 5.82 Å². The number of aryl methyl sites for hydroxylation is 1. The largest absolute Gasteiger partial charge is 0.453 e. The van der Waals surface area contributed by atoms with Gasteiger partial charge in [-0.1, -0.05) is 12.1 Å². The van der Waals surface area contributed by atoms with Crippen LogP contribution < -0.4 is 11.1 Å². The molecule has 0 aliphatic rings. The molecule has 6 nitrogen and oxygen atoms in total. The van der Waals surface area contributed by atoms with Crippen molar-refractivity contribution in [1.82, 2.24) is 5.32 Å². The molecule has 3 N–H and O–H groups in total. The van der Waals surface area contributed by atoms with Gasteiger partial charge < -0.3 is 10.5 Å². The number of primary amides is 1. The van der Waals surface area contributed by atoms with E-state index in [4.69, 9.17) is 10.5 Å². The Morgan fingerprint density at radius 3 is 2.45 bits per heavy atom. The minimum absolute atomic E-state index is 0.0415. The van der Waals surface area contributed by atoms with Crippen LogP contribution in [0.5, 0.6) is 0 Å². The van der Waals surface area contributed by atoms with E-state index in [1.54, 1.807) is 12.1 Å². The number of hydrogen-bond acceptors (Lipinski definition) is 4. The third-order valence-electron chi connectivity index (χ3n) is 2.45. The Kier molecular flexibility index (Phi) is 5.64. The average molecular weight is 282 g/mol. The Morgan fingerprint density at radius 2 is 1.90 bits per heavy atom. The molecule has 1 rings (SSSR count). The first-order valence-electron chi connectivity index (χ1n) is 5.92. The van der Waals surface area contributed by atoms with Gasteiger partial charge in [0.25, 0.3) is 5.91 Å². The molecule has 1 aromatic carbocycles. The zero-order chi connectivity index (χ0) is 15.1. The van der Waals surface area contributed by atoms with Gasteiger partial charge in [-0.15, -0.1) is 0 Å². The first kappa shape index (κ1) is 15.6. The molecule has 0 saturated carbocycles. The van der Waals surface area contributed by atoms with Gasteiger partial charge in [-0.3, -0.25) is 14.9 Å². The number of amides is 3. The number of carbonyl (C=O) groups excluding carboxylic acids is 3. The smallest absolute Gasteiger partial charge is 0.318 e. The van der Waals surface area contributed by atoms with Crippen molar-refractivity contribution in [3.8, 4) is 0 Å². The summed E-state index contributed by atoms with van der Waals surface area (Å²) in [5.74, 6) is -1.73. The second-order valence-electron chi connectivity index (χ2n) is 4.11. The maximum Gasteiger partial charge on any atom is 0.318 e. The molecule has 0 heterocycles. The fourth-order valence-electron chi connectivity index (χ4n) is 1.43. The number of esters is 1. The first-order chi connectivity index (χ1) is 9.38. The van der Waals surface area contributed by atoms with E-state index in [0.29, 0.717) is 6.42 Å². The van der Waals surface area contributed by atoms with Gasteiger partial charge in [0, 0.05) is 6.42 Å². The molecule has 7 heteroatoms. The second kappa shape index (κ2) is 7.22. The van der Waals surface area contributed by atoms with Crippen molar-refractivity contribution in [2.75, 3.05) is 0 Å². The molecule has 0 bridgehead atoms. The molecule has 0 aliphatic carbocycles. The Balaban J connectivity index is 2.38. The van der Waals surface area contributed by atoms with E-state index in [1.165, 1.54) is 19.1 Å². The average Bonchev–Trinajstić information content (AvgIpc) is 2.37. The van der Waals surface area contributed by atoms with Crippen molar-refractivity contribution in [1.29, 1.82) is 0 Å². The number of nitrogens with one attached hydrogen (secondary N) is 1. The maximum atomic E-state index is 12.7. The Hall–Kier alpha value is -2.44. The number of nitrogens with two attached hydrogens (primary N) is 1. The Bertz CT molecular complexity index is 502. The topological polar surface area (TPSA) is 98.5 Å². The van der Waals surface area contributed by atoms with Crippen LogP contribution in [-0.4, -0.2) is 24.0 Å². The molecule has 3 amide bonds. The van der Waals surface area contributed by atoms with Crippen LogP contribution in [0.25, 0.3) is 0 Å². The van der Waals surface area contributed by atoms with Gasteiger partial charge >= 0.3 is 12.0 Å². The molecule has 0 aromatic heterocycles. The van der Waals surface area contributed by atoms with Crippen molar-refractivity contribution in [2.24, 2.45) is 5.73 Å². The lowest BCUT2D eigenvalue weighted by molar-refractivity contribution is -0.154. The van der Waals surface area contributed by atoms with Crippen molar-refractivity contribution < 1.29 is 23.5 Å². The fraction of sp³-hybridized carbons (Fsp3) is 0.308. The van der Waals surface area contributed by atoms with E-state index < -0.39 is 24.0 Å². The zero-order valence-corrected chi connectivity index (χ0v) is 10.9. The number of halogens is 1. The highest BCUT2D eigenvalue weighted by atomic mass is 19.1. The zero-order valence-electron chi connectivity index (χ0n) is 10.9. The number of hydrogen-bond donors (Lipinski definition) is 2. The van der Waals surface area contributed by atoms with E-state index in [0.717, 1.165) is 5.56 Å². The van der Waals surface area contributed by atoms with Crippen LogP contribution in [0.1, 0.15) is 18.9 Å². The number of imide groups is 1. The van der Waals surface area contributed by atoms with Gasteiger partial charge in [-0.2, -0.15) is 0 Å². The van der Waals surface area contributed by atoms with Crippen LogP contribution in [0.3, 0.4) is 0 Å². The van der Waals surface area contributed by atoms with Gasteiger partial charge in [0.05, 0.1) is 0 Å². The summed E-state index contributed by atoms with van der Waals surface area (Å²) in [5, 5.41) is 1.81. The van der Waals surface area contributed by atoms with E-state index in [2.05, 4.69) is 0 Å². The van der Waals surface area contributed by atoms with E-state index in [-0.39, 0.29) is 12.2 Å². The molecular weight excluding hydrogens is 267 g/mol. The van der Waals surface area contributed by atoms with Crippen molar-refractivity contribution in [2.45, 2.75) is 25.9 Å². The highest BCUT2D eigenvalue weighted by Crippen LogP contribution is 2.06. The lowest BCUT2D eigenvalue weighted by Gasteiger charge is -2.11. The summed E-state index contributed by atoms with van der Waals surface area (Å²) in [6.45, 7) is 1.33. The van der Waals surface area contributed by atoms with E-state index in [1.807, 2.05) is 5.32 Å². The van der Waals surface area contributed by atoms with Crippen LogP contribution in [-0.2, 0) is 20.7 Å². The Labute approximate surface area is 115 Å². The fourth-order valence-corrected chi connectivity index (χ4v) is 1.43. The van der Waals surface area contributed by atoms with Crippen LogP contribution >= 0.6 is 0 Å². The highest BCUT2D eigenvalue weighted by Gasteiger charge is 2.18. The molecule has 0 radical (unpaired) electrons. The van der Waals surface area contributed by atoms with Crippen LogP contribution in [0.4, 0.5) is 9.18 Å². The summed E-state index contributed by atoms with van der Waals surface area (Å²) < 4.78 is 17.5. The minimum Gasteiger partial charge on any atom is -0.453 e. The highest BCUT2D eigenvalue weighted by molar-refractivity contribution is 5.96. The number of benzene rings is 1. The molecule has 1 atom stereocenters. The first-order valence-corrected chi connectivity index (χ1v) is 5.92. The van der Waals surface area contributed by atoms with Crippen LogP contribution in [0.15, 0.2) is 24.3 Å². The molecule has 0 unspecified atom stereocenters. The lowest BCUT2D eigenvalue weighted by Crippen LogP contribution is -2.42. The van der Waals surface area contributed by atoms with Gasteiger partial charge in [0.15, 0.2) is 6.10 Å². The second-order valence-corrected chi connectivity index (χ2v) is 4.11. The number of urea groups is 1. The molecule has 1 aromatic rings. The monoisotopic (exact) mass is 282 g/mol. The van der Waals surface area contributed by atoms with Crippen molar-refractivity contribution >= 4 is 17.9 Å². The normalized spacial score (nSPS) is 11.5. The van der Waals surface area contributed by atoms with Crippen LogP contribution in [0.2, 0.25) is 0 Å². The summed E-state index contributed by atoms with van der Waals surface area (Å²) in [6.07, 6.45) is -0.702. The molecule has 108 valence electrons. The summed E-state index contributed by atoms with van der Waals surface area (Å²) >= 11 is 0. The van der Waals surface area contributed by atoms with E-state index >= 15 is 0 Å². The summed E-state index contributed by atoms with van der Waals surface area (Å²) in [6, 6.07) is 4.70. The van der Waals surface area contributed by atoms with Gasteiger partial charge in [-0.05, 0) is 31.0 Å². The SMILES string of the molecule is C[C@@H](OC(=O)CCc1ccc(F)cc1)C(=O)NC(N)=O. The third-order valence-corrected chi connectivity index (χ3v) is 2.45. The third kappa shape index (κ3) is 5.47. The Morgan fingerprint density at radius 1 is 1.30 bits per heavy atom. The number of carbonyl (C=O) groups is 3. The van der Waals surface area contributed by atoms with Gasteiger partial charge in [-0.25, -0.2) is 9.18 Å². The van der Waals surface area contributed by atoms with E-state index in [9.17, 15) is 18.8 Å². The van der Waals surface area contributed by atoms with Crippen LogP contribution in [0, 0.1) is 5.82 Å². The summed E-state index contributed by atoms with van der Waals surface area (Å²) in [4.78, 5) is 33.2. The predicted molar refractivity (Wildman–Crippen MR) is 68.0 cm³/mol. The summed E-state index contributed by atoms with van der Waals surface area (Å²) in [5.41, 5.74) is 5.54. The van der Waals surface area contributed by atoms with Gasteiger partial charge in [0.2, 0.25) is 0 Å². The predicted octanol–water partition coefficient (Wildman–Crippen LogP) is 0.885. The standard InChI is InChI=1S/C13H15FN2O4/c1-8(12(18)16-13(15)19)20-11(17)7-4-9-2-5-10(14)6-3-9/h2-3,5-6,8H,4,7H2,1H3,(H3,15,16,18,19)/t8-/m1/s1. The summed E-state index contributed by atoms with van der Waals surface area (Å²) in [7, 11) is 0. The molecular formula is C13H15FN2O4. The molecule has 0 fully saturated rings. The molecule has 0 aliphatic heterocycles. The minimum atomic E-state index is -1.11.